The zero-order valence-corrected chi connectivity index (χ0v) is 17.3. The minimum atomic E-state index is 0.534. The molecule has 4 aromatic rings. The van der Waals surface area contributed by atoms with Crippen LogP contribution in [0.25, 0.3) is 23.1 Å². The summed E-state index contributed by atoms with van der Waals surface area (Å²) >= 11 is 0. The molecule has 0 bridgehead atoms. The summed E-state index contributed by atoms with van der Waals surface area (Å²) < 4.78 is 9.35. The largest absolute Gasteiger partial charge is 0.492 e. The number of likely N-dealkylation sites (tertiary alicyclic amines) is 1. The smallest absolute Gasteiger partial charge is 0.247 e. The number of fused-ring (bicyclic) bond motifs is 1. The zero-order valence-electron chi connectivity index (χ0n) is 17.3. The molecule has 8 nitrogen and oxygen atoms in total. The van der Waals surface area contributed by atoms with Gasteiger partial charge in [0.1, 0.15) is 12.4 Å². The van der Waals surface area contributed by atoms with E-state index in [-0.39, 0.29) is 0 Å². The zero-order chi connectivity index (χ0) is 21.0. The molecule has 3 aromatic heterocycles. The molecule has 0 radical (unpaired) electrons. The summed E-state index contributed by atoms with van der Waals surface area (Å²) in [6, 6.07) is 13.8. The molecule has 1 aliphatic heterocycles. The molecule has 1 aliphatic rings. The van der Waals surface area contributed by atoms with Crippen molar-refractivity contribution in [2.24, 2.45) is 0 Å². The highest BCUT2D eigenvalue weighted by Gasteiger charge is 2.12. The van der Waals surface area contributed by atoms with E-state index in [1.807, 2.05) is 53.2 Å². The van der Waals surface area contributed by atoms with Crippen LogP contribution in [0.15, 0.2) is 61.4 Å². The van der Waals surface area contributed by atoms with Crippen molar-refractivity contribution in [1.82, 2.24) is 29.3 Å². The number of pyridine rings is 1. The van der Waals surface area contributed by atoms with Gasteiger partial charge < -0.3 is 10.1 Å². The van der Waals surface area contributed by atoms with Crippen LogP contribution in [-0.2, 0) is 0 Å². The predicted molar refractivity (Wildman–Crippen MR) is 121 cm³/mol. The molecule has 158 valence electrons. The van der Waals surface area contributed by atoms with E-state index in [0.717, 1.165) is 34.9 Å². The standard InChI is InChI=1S/C23H25N7O/c1-2-29-17-18(16-24-29)21-6-5-7-22-26-23(27-30(21)22)25-19-8-10-20(11-9-19)31-15-14-28-12-3-4-13-28/h2,5-11,16-17H,1,3-4,12-15H2,(H,25,27). The lowest BCUT2D eigenvalue weighted by Gasteiger charge is -2.15. The number of hydrogen-bond acceptors (Lipinski definition) is 6. The lowest BCUT2D eigenvalue weighted by atomic mass is 10.2. The number of ether oxygens (including phenoxy) is 1. The Bertz CT molecular complexity index is 1170. The molecule has 0 amide bonds. The van der Waals surface area contributed by atoms with Crippen molar-refractivity contribution in [3.05, 3.63) is 61.4 Å². The third-order valence-corrected chi connectivity index (χ3v) is 5.43. The second-order valence-electron chi connectivity index (χ2n) is 7.55. The molecule has 0 spiro atoms. The van der Waals surface area contributed by atoms with Crippen molar-refractivity contribution in [3.63, 3.8) is 0 Å². The summed E-state index contributed by atoms with van der Waals surface area (Å²) in [6.07, 6.45) is 7.94. The van der Waals surface area contributed by atoms with Crippen molar-refractivity contribution in [3.8, 4) is 17.0 Å². The normalized spacial score (nSPS) is 14.2. The summed E-state index contributed by atoms with van der Waals surface area (Å²) in [5.74, 6) is 1.40. The maximum Gasteiger partial charge on any atom is 0.247 e. The van der Waals surface area contributed by atoms with Gasteiger partial charge in [-0.3, -0.25) is 4.90 Å². The molecular weight excluding hydrogens is 390 g/mol. The van der Waals surface area contributed by atoms with E-state index >= 15 is 0 Å². The summed E-state index contributed by atoms with van der Waals surface area (Å²) in [6.45, 7) is 7.82. The van der Waals surface area contributed by atoms with Gasteiger partial charge in [-0.25, -0.2) is 9.20 Å². The molecule has 0 atom stereocenters. The van der Waals surface area contributed by atoms with Crippen LogP contribution in [0.1, 0.15) is 12.8 Å². The van der Waals surface area contributed by atoms with Crippen LogP contribution in [0.5, 0.6) is 5.75 Å². The Morgan fingerprint density at radius 1 is 1.10 bits per heavy atom. The van der Waals surface area contributed by atoms with Gasteiger partial charge in [0.25, 0.3) is 0 Å². The number of anilines is 2. The van der Waals surface area contributed by atoms with Crippen molar-refractivity contribution < 1.29 is 4.74 Å². The van der Waals surface area contributed by atoms with E-state index < -0.39 is 0 Å². The Balaban J connectivity index is 1.27. The van der Waals surface area contributed by atoms with E-state index in [0.29, 0.717) is 12.6 Å². The van der Waals surface area contributed by atoms with Gasteiger partial charge in [-0.15, -0.1) is 5.10 Å². The number of benzene rings is 1. The Hall–Kier alpha value is -3.65. The molecule has 1 aromatic carbocycles. The highest BCUT2D eigenvalue weighted by Crippen LogP contribution is 2.23. The van der Waals surface area contributed by atoms with Gasteiger partial charge in [-0.2, -0.15) is 10.1 Å². The second-order valence-corrected chi connectivity index (χ2v) is 7.55. The molecule has 0 aliphatic carbocycles. The van der Waals surface area contributed by atoms with Gasteiger partial charge in [0.2, 0.25) is 5.95 Å². The molecule has 1 fully saturated rings. The van der Waals surface area contributed by atoms with Crippen molar-refractivity contribution >= 4 is 23.5 Å². The molecule has 5 rings (SSSR count). The fraction of sp³-hybridized carbons (Fsp3) is 0.261. The summed E-state index contributed by atoms with van der Waals surface area (Å²) in [5, 5.41) is 12.2. The summed E-state index contributed by atoms with van der Waals surface area (Å²) in [7, 11) is 0. The van der Waals surface area contributed by atoms with Crippen molar-refractivity contribution in [2.45, 2.75) is 12.8 Å². The van der Waals surface area contributed by atoms with Crippen molar-refractivity contribution in [1.29, 1.82) is 0 Å². The number of hydrogen-bond donors (Lipinski definition) is 1. The third-order valence-electron chi connectivity index (χ3n) is 5.43. The topological polar surface area (TPSA) is 72.5 Å². The lowest BCUT2D eigenvalue weighted by molar-refractivity contribution is 0.238. The van der Waals surface area contributed by atoms with Gasteiger partial charge in [-0.1, -0.05) is 12.6 Å². The number of rotatable bonds is 8. The maximum atomic E-state index is 5.88. The third kappa shape index (κ3) is 4.29. The molecule has 31 heavy (non-hydrogen) atoms. The van der Waals surface area contributed by atoms with Crippen LogP contribution in [0, 0.1) is 0 Å². The van der Waals surface area contributed by atoms with Gasteiger partial charge in [0, 0.05) is 30.2 Å². The fourth-order valence-corrected chi connectivity index (χ4v) is 3.81. The van der Waals surface area contributed by atoms with Crippen LogP contribution >= 0.6 is 0 Å². The predicted octanol–water partition coefficient (Wildman–Crippen LogP) is 3.91. The Labute approximate surface area is 180 Å². The van der Waals surface area contributed by atoms with Crippen LogP contribution in [0.4, 0.5) is 11.6 Å². The first-order chi connectivity index (χ1) is 15.3. The number of aromatic nitrogens is 5. The minimum Gasteiger partial charge on any atom is -0.492 e. The Morgan fingerprint density at radius 3 is 2.71 bits per heavy atom. The van der Waals surface area contributed by atoms with Crippen LogP contribution in [-0.4, -0.2) is 55.5 Å². The number of nitrogens with zero attached hydrogens (tertiary/aromatic N) is 6. The highest BCUT2D eigenvalue weighted by molar-refractivity contribution is 5.64. The Kier molecular flexibility index (Phi) is 5.37. The van der Waals surface area contributed by atoms with Gasteiger partial charge in [-0.05, 0) is 62.3 Å². The first-order valence-electron chi connectivity index (χ1n) is 10.5. The maximum absolute atomic E-state index is 5.88. The van der Waals surface area contributed by atoms with Crippen molar-refractivity contribution in [2.75, 3.05) is 31.6 Å². The SMILES string of the molecule is C=Cn1cc(-c2cccc3nc(Nc4ccc(OCCN5CCCC5)cc4)nn23)cn1. The lowest BCUT2D eigenvalue weighted by Crippen LogP contribution is -2.25. The van der Waals surface area contributed by atoms with E-state index in [2.05, 4.69) is 32.0 Å². The first kappa shape index (κ1) is 19.3. The molecule has 4 heterocycles. The molecular formula is C23H25N7O. The first-order valence-corrected chi connectivity index (χ1v) is 10.5. The molecule has 0 saturated carbocycles. The molecule has 8 heteroatoms. The second kappa shape index (κ2) is 8.61. The monoisotopic (exact) mass is 415 g/mol. The van der Waals surface area contributed by atoms with Crippen LogP contribution < -0.4 is 10.1 Å². The van der Waals surface area contributed by atoms with E-state index in [1.165, 1.54) is 25.9 Å². The summed E-state index contributed by atoms with van der Waals surface area (Å²) in [5.41, 5.74) is 3.52. The quantitative estimate of drug-likeness (QED) is 0.470. The average molecular weight is 416 g/mol. The average Bonchev–Trinajstić information content (AvgIpc) is 3.55. The summed E-state index contributed by atoms with van der Waals surface area (Å²) in [4.78, 5) is 7.04. The minimum absolute atomic E-state index is 0.534. The van der Waals surface area contributed by atoms with Crippen LogP contribution in [0.3, 0.4) is 0 Å². The molecule has 1 N–H and O–H groups in total. The highest BCUT2D eigenvalue weighted by atomic mass is 16.5. The van der Waals surface area contributed by atoms with Gasteiger partial charge in [0.05, 0.1) is 11.9 Å². The molecule has 0 unspecified atom stereocenters. The van der Waals surface area contributed by atoms with Gasteiger partial charge >= 0.3 is 0 Å². The van der Waals surface area contributed by atoms with E-state index in [4.69, 9.17) is 4.74 Å². The molecule has 1 saturated heterocycles. The van der Waals surface area contributed by atoms with E-state index in [1.54, 1.807) is 17.1 Å². The van der Waals surface area contributed by atoms with Gasteiger partial charge in [0.15, 0.2) is 5.65 Å². The van der Waals surface area contributed by atoms with E-state index in [9.17, 15) is 0 Å². The fourth-order valence-electron chi connectivity index (χ4n) is 3.81. The van der Waals surface area contributed by atoms with Crippen LogP contribution in [0.2, 0.25) is 0 Å². The Morgan fingerprint density at radius 2 is 1.94 bits per heavy atom. The number of nitrogens with one attached hydrogen (secondary N) is 1.